The van der Waals surface area contributed by atoms with Gasteiger partial charge in [-0.3, -0.25) is 9.48 Å². The van der Waals surface area contributed by atoms with Crippen molar-refractivity contribution in [2.45, 2.75) is 19.9 Å². The Balaban J connectivity index is 2.27. The molecule has 2 rings (SSSR count). The second-order valence-electron chi connectivity index (χ2n) is 4.83. The highest BCUT2D eigenvalue weighted by Crippen LogP contribution is 2.21. The highest BCUT2D eigenvalue weighted by molar-refractivity contribution is 6.30. The number of halogens is 1. The molecule has 0 aliphatic heterocycles. The number of hydrogen-bond acceptors (Lipinski definition) is 3. The molecule has 0 aliphatic rings. The summed E-state index contributed by atoms with van der Waals surface area (Å²) in [5.41, 5.74) is 2.74. The third-order valence-corrected chi connectivity index (χ3v) is 3.48. The smallest absolute Gasteiger partial charge is 0.323 e. The molecule has 0 bridgehead atoms. The molecule has 2 aromatic rings. The van der Waals surface area contributed by atoms with Crippen molar-refractivity contribution in [2.24, 2.45) is 7.05 Å². The molecule has 1 aromatic carbocycles. The Hall–Kier alpha value is -2.01. The Morgan fingerprint density at radius 1 is 1.43 bits per heavy atom. The maximum Gasteiger partial charge on any atom is 0.323 e. The summed E-state index contributed by atoms with van der Waals surface area (Å²) in [6.45, 7) is 2.42. The van der Waals surface area contributed by atoms with Gasteiger partial charge in [-0.05, 0) is 30.7 Å². The molecule has 6 heteroatoms. The molecule has 112 valence electrons. The van der Waals surface area contributed by atoms with E-state index >= 15 is 0 Å². The summed E-state index contributed by atoms with van der Waals surface area (Å²) < 4.78 is 1.79. The number of carboxylic acid groups (broad SMARTS) is 1. The lowest BCUT2D eigenvalue weighted by Gasteiger charge is -2.23. The Labute approximate surface area is 128 Å². The number of aryl methyl sites for hydroxylation is 2. The number of nitrogens with zero attached hydrogens (tertiary/aromatic N) is 3. The lowest BCUT2D eigenvalue weighted by atomic mass is 10.2. The molecule has 0 radical (unpaired) electrons. The number of anilines is 1. The van der Waals surface area contributed by atoms with E-state index in [1.165, 1.54) is 0 Å². The summed E-state index contributed by atoms with van der Waals surface area (Å²) in [6, 6.07) is 9.20. The van der Waals surface area contributed by atoms with Crippen molar-refractivity contribution in [2.75, 3.05) is 11.4 Å². The predicted octanol–water partition coefficient (Wildman–Crippen LogP) is 2.73. The monoisotopic (exact) mass is 307 g/mol. The van der Waals surface area contributed by atoms with Crippen molar-refractivity contribution >= 4 is 23.3 Å². The molecular formula is C15H18ClN3O2. The Morgan fingerprint density at radius 3 is 2.76 bits per heavy atom. The average Bonchev–Trinajstić information content (AvgIpc) is 2.78. The molecule has 0 atom stereocenters. The zero-order valence-corrected chi connectivity index (χ0v) is 12.8. The molecule has 0 saturated heterocycles. The fraction of sp³-hybridized carbons (Fsp3) is 0.333. The molecule has 0 aliphatic carbocycles. The van der Waals surface area contributed by atoms with E-state index in [0.29, 0.717) is 11.6 Å². The van der Waals surface area contributed by atoms with Crippen LogP contribution in [0.1, 0.15) is 18.3 Å². The number of rotatable bonds is 6. The molecule has 1 heterocycles. The standard InChI is InChI=1S/C15H18ClN3O2/c1-3-12-8-14(18(2)17-12)9-19(10-15(20)21)13-6-4-5-11(16)7-13/h4-8H,3,9-10H2,1-2H3,(H,20,21). The third-order valence-electron chi connectivity index (χ3n) is 3.24. The van der Waals surface area contributed by atoms with Crippen molar-refractivity contribution in [3.8, 4) is 0 Å². The lowest BCUT2D eigenvalue weighted by molar-refractivity contribution is -0.135. The largest absolute Gasteiger partial charge is 0.480 e. The van der Waals surface area contributed by atoms with Gasteiger partial charge in [-0.15, -0.1) is 0 Å². The van der Waals surface area contributed by atoms with Crippen molar-refractivity contribution in [1.29, 1.82) is 0 Å². The third kappa shape index (κ3) is 3.98. The Kier molecular flexibility index (Phi) is 4.85. The topological polar surface area (TPSA) is 58.4 Å². The van der Waals surface area contributed by atoms with Gasteiger partial charge < -0.3 is 10.0 Å². The van der Waals surface area contributed by atoms with E-state index in [0.717, 1.165) is 23.5 Å². The Bertz CT molecular complexity index is 640. The van der Waals surface area contributed by atoms with E-state index < -0.39 is 5.97 Å². The van der Waals surface area contributed by atoms with Crippen molar-refractivity contribution in [3.63, 3.8) is 0 Å². The van der Waals surface area contributed by atoms with Gasteiger partial charge in [0, 0.05) is 17.8 Å². The summed E-state index contributed by atoms with van der Waals surface area (Å²) in [6.07, 6.45) is 0.851. The van der Waals surface area contributed by atoms with E-state index in [1.54, 1.807) is 21.7 Å². The van der Waals surface area contributed by atoms with E-state index in [-0.39, 0.29) is 6.54 Å². The average molecular weight is 308 g/mol. The number of carbonyl (C=O) groups is 1. The fourth-order valence-corrected chi connectivity index (χ4v) is 2.35. The van der Waals surface area contributed by atoms with Gasteiger partial charge in [0.25, 0.3) is 0 Å². The first kappa shape index (κ1) is 15.4. The molecule has 0 spiro atoms. The van der Waals surface area contributed by atoms with Crippen LogP contribution in [0.5, 0.6) is 0 Å². The minimum absolute atomic E-state index is 0.0903. The normalized spacial score (nSPS) is 10.6. The van der Waals surface area contributed by atoms with Crippen LogP contribution >= 0.6 is 11.6 Å². The minimum atomic E-state index is -0.882. The number of aromatic nitrogens is 2. The second-order valence-corrected chi connectivity index (χ2v) is 5.27. The van der Waals surface area contributed by atoms with Gasteiger partial charge in [0.05, 0.1) is 17.9 Å². The molecule has 0 fully saturated rings. The van der Waals surface area contributed by atoms with Gasteiger partial charge in [-0.25, -0.2) is 0 Å². The molecule has 5 nitrogen and oxygen atoms in total. The van der Waals surface area contributed by atoms with Gasteiger partial charge in [0.2, 0.25) is 0 Å². The van der Waals surface area contributed by atoms with Crippen LogP contribution < -0.4 is 4.90 Å². The summed E-state index contributed by atoms with van der Waals surface area (Å²) in [5, 5.41) is 14.1. The quantitative estimate of drug-likeness (QED) is 0.891. The van der Waals surface area contributed by atoms with Gasteiger partial charge in [0.1, 0.15) is 6.54 Å². The van der Waals surface area contributed by atoms with E-state index in [9.17, 15) is 4.79 Å². The van der Waals surface area contributed by atoms with Crippen LogP contribution in [0.4, 0.5) is 5.69 Å². The van der Waals surface area contributed by atoms with E-state index in [4.69, 9.17) is 16.7 Å². The van der Waals surface area contributed by atoms with Crippen LogP contribution in [0.25, 0.3) is 0 Å². The first-order chi connectivity index (χ1) is 9.99. The molecule has 0 unspecified atom stereocenters. The van der Waals surface area contributed by atoms with E-state index in [1.807, 2.05) is 32.2 Å². The predicted molar refractivity (Wildman–Crippen MR) is 82.7 cm³/mol. The molecule has 21 heavy (non-hydrogen) atoms. The number of benzene rings is 1. The maximum atomic E-state index is 11.1. The van der Waals surface area contributed by atoms with Crippen LogP contribution in [0, 0.1) is 0 Å². The first-order valence-corrected chi connectivity index (χ1v) is 7.11. The van der Waals surface area contributed by atoms with Crippen LogP contribution in [-0.2, 0) is 24.8 Å². The van der Waals surface area contributed by atoms with Gasteiger partial charge in [0.15, 0.2) is 0 Å². The molecule has 0 amide bonds. The fourth-order valence-electron chi connectivity index (χ4n) is 2.16. The molecule has 1 aromatic heterocycles. The highest BCUT2D eigenvalue weighted by atomic mass is 35.5. The van der Waals surface area contributed by atoms with Gasteiger partial charge in [-0.1, -0.05) is 24.6 Å². The van der Waals surface area contributed by atoms with Crippen LogP contribution in [0.2, 0.25) is 5.02 Å². The molecular weight excluding hydrogens is 290 g/mol. The second kappa shape index (κ2) is 6.63. The van der Waals surface area contributed by atoms with E-state index in [2.05, 4.69) is 5.10 Å². The van der Waals surface area contributed by atoms with Crippen molar-refractivity contribution in [3.05, 3.63) is 46.7 Å². The maximum absolute atomic E-state index is 11.1. The van der Waals surface area contributed by atoms with Crippen LogP contribution in [0.3, 0.4) is 0 Å². The van der Waals surface area contributed by atoms with Crippen molar-refractivity contribution in [1.82, 2.24) is 9.78 Å². The van der Waals surface area contributed by atoms with Gasteiger partial charge >= 0.3 is 5.97 Å². The zero-order valence-electron chi connectivity index (χ0n) is 12.1. The minimum Gasteiger partial charge on any atom is -0.480 e. The number of carboxylic acids is 1. The van der Waals surface area contributed by atoms with Crippen LogP contribution in [0.15, 0.2) is 30.3 Å². The first-order valence-electron chi connectivity index (χ1n) is 6.73. The van der Waals surface area contributed by atoms with Gasteiger partial charge in [-0.2, -0.15) is 5.10 Å². The molecule has 0 saturated carbocycles. The summed E-state index contributed by atoms with van der Waals surface area (Å²) >= 11 is 5.99. The number of aliphatic carboxylic acids is 1. The van der Waals surface area contributed by atoms with Crippen molar-refractivity contribution < 1.29 is 9.90 Å². The molecule has 1 N–H and O–H groups in total. The zero-order chi connectivity index (χ0) is 15.4. The van der Waals surface area contributed by atoms with Crippen LogP contribution in [-0.4, -0.2) is 27.4 Å². The summed E-state index contributed by atoms with van der Waals surface area (Å²) in [5.74, 6) is -0.882. The number of hydrogen-bond donors (Lipinski definition) is 1. The highest BCUT2D eigenvalue weighted by Gasteiger charge is 2.14. The Morgan fingerprint density at radius 2 is 2.19 bits per heavy atom. The SMILES string of the molecule is CCc1cc(CN(CC(=O)O)c2cccc(Cl)c2)n(C)n1. The summed E-state index contributed by atoms with van der Waals surface area (Å²) in [4.78, 5) is 12.9. The summed E-state index contributed by atoms with van der Waals surface area (Å²) in [7, 11) is 1.87. The lowest BCUT2D eigenvalue weighted by Crippen LogP contribution is -2.30.